The summed E-state index contributed by atoms with van der Waals surface area (Å²) in [6, 6.07) is -18.4. The molecule has 0 radical (unpaired) electrons. The van der Waals surface area contributed by atoms with Crippen molar-refractivity contribution in [1.82, 2.24) is 90.4 Å². The van der Waals surface area contributed by atoms with Gasteiger partial charge in [0.2, 0.25) is 112 Å². The van der Waals surface area contributed by atoms with Gasteiger partial charge in [-0.05, 0) is 89.1 Å². The van der Waals surface area contributed by atoms with Gasteiger partial charge in [-0.3, -0.25) is 115 Å². The molecule has 1 aliphatic rings. The number of carboxylic acids is 5. The summed E-state index contributed by atoms with van der Waals surface area (Å²) in [6.45, 7) is 7.11. The van der Waals surface area contributed by atoms with Crippen molar-refractivity contribution in [2.75, 3.05) is 34.9 Å². The number of benzene rings is 2. The Bertz CT molecular complexity index is 4800. The van der Waals surface area contributed by atoms with Crippen LogP contribution in [0, 0.1) is 0 Å². The fourth-order valence-electron chi connectivity index (χ4n) is 12.6. The number of hydrogen-bond donors (Lipinski definition) is 30. The van der Waals surface area contributed by atoms with Crippen LogP contribution in [-0.2, 0) is 121 Å². The Labute approximate surface area is 810 Å². The third-order valence-corrected chi connectivity index (χ3v) is 22.8. The smallest absolute Gasteiger partial charge is 0.328 e. The van der Waals surface area contributed by atoms with Crippen molar-refractivity contribution in [2.45, 2.75) is 246 Å². The lowest BCUT2D eigenvalue weighted by Crippen LogP contribution is -2.64. The van der Waals surface area contributed by atoms with Crippen LogP contribution in [-0.4, -0.2) is 349 Å². The summed E-state index contributed by atoms with van der Waals surface area (Å²) in [7, 11) is 0. The number of rotatable bonds is 65. The number of aliphatic carboxylic acids is 5. The van der Waals surface area contributed by atoms with Gasteiger partial charge in [0.25, 0.3) is 0 Å². The molecule has 3 rings (SSSR count). The Kier molecular flexibility index (Phi) is 52.1. The van der Waals surface area contributed by atoms with Crippen molar-refractivity contribution < 1.29 is 166 Å². The number of carboxylic acid groups (broad SMARTS) is 5. The minimum absolute atomic E-state index is 0.204. The summed E-state index contributed by atoms with van der Waals surface area (Å²) in [4.78, 5) is 325. The van der Waals surface area contributed by atoms with Gasteiger partial charge in [0.1, 0.15) is 84.3 Å². The highest BCUT2D eigenvalue weighted by Gasteiger charge is 2.42. The molecule has 140 heavy (non-hydrogen) atoms. The van der Waals surface area contributed by atoms with E-state index >= 15 is 0 Å². The number of thioether (sulfide) groups is 3. The summed E-state index contributed by atoms with van der Waals surface area (Å²) in [5, 5.41) is 140. The number of amides is 19. The summed E-state index contributed by atoms with van der Waals surface area (Å²) < 4.78 is 0. The van der Waals surface area contributed by atoms with Crippen LogP contribution in [0.25, 0.3) is 0 Å². The third-order valence-electron chi connectivity index (χ3n) is 20.0. The molecule has 0 saturated carbocycles. The molecule has 2 aromatic carbocycles. The predicted molar refractivity (Wildman–Crippen MR) is 492 cm³/mol. The molecule has 0 aromatic heterocycles. The maximum absolute atomic E-state index is 14.6. The van der Waals surface area contributed by atoms with Gasteiger partial charge in [-0.25, -0.2) is 4.79 Å². The molecule has 774 valence electrons. The molecule has 0 fully saturated rings. The highest BCUT2D eigenvalue weighted by molar-refractivity contribution is 7.99. The first-order valence-corrected chi connectivity index (χ1v) is 46.3. The monoisotopic (exact) mass is 2040 g/mol. The van der Waals surface area contributed by atoms with E-state index in [0.29, 0.717) is 23.0 Å². The lowest BCUT2D eigenvalue weighted by Gasteiger charge is -2.29. The molecule has 2 aromatic rings. The van der Waals surface area contributed by atoms with Crippen LogP contribution in [0.4, 0.5) is 5.69 Å². The normalized spacial score (nSPS) is 15.9. The second kappa shape index (κ2) is 60.7. The first-order valence-electron chi connectivity index (χ1n) is 42.9. The molecule has 20 atom stereocenters. The average Bonchev–Trinajstić information content (AvgIpc) is 1.66. The Morgan fingerprint density at radius 2 is 0.664 bits per heavy atom. The number of aromatic hydroxyl groups is 1. The van der Waals surface area contributed by atoms with Gasteiger partial charge in [0, 0.05) is 82.3 Å². The number of phenolic OH excluding ortho intramolecular Hbond substituents is 1. The van der Waals surface area contributed by atoms with Crippen molar-refractivity contribution in [3.63, 3.8) is 0 Å². The van der Waals surface area contributed by atoms with Crippen molar-refractivity contribution in [3.8, 4) is 5.75 Å². The number of carbonyl (C=O) groups excluding carboxylic acids is 19. The topological polar surface area (TPSA) is 907 Å². The number of fused-ring (bicyclic) bond motifs is 1. The van der Waals surface area contributed by atoms with Crippen LogP contribution >= 0.6 is 35.3 Å². The van der Waals surface area contributed by atoms with Crippen molar-refractivity contribution in [2.24, 2.45) is 22.2 Å². The number of nitrogens with one attached hydrogen (secondary N) is 17. The van der Waals surface area contributed by atoms with Gasteiger partial charge in [-0.1, -0.05) is 30.3 Å². The summed E-state index contributed by atoms with van der Waals surface area (Å²) in [5.41, 5.74) is 18.2. The van der Waals surface area contributed by atoms with Crippen LogP contribution < -0.4 is 108 Å². The van der Waals surface area contributed by atoms with E-state index in [1.165, 1.54) is 30.5 Å². The van der Waals surface area contributed by atoms with Gasteiger partial charge < -0.3 is 159 Å². The molecule has 33 N–H and O–H groups in total. The van der Waals surface area contributed by atoms with E-state index < -0.39 is 345 Å². The molecule has 0 saturated heterocycles. The molecule has 19 amide bonds. The molecular weight excluding hydrogens is 1920 g/mol. The lowest BCUT2D eigenvalue weighted by atomic mass is 9.93. The first-order chi connectivity index (χ1) is 65.6. The molecule has 0 aliphatic carbocycles. The number of carbonyl (C=O) groups is 24. The zero-order chi connectivity index (χ0) is 106. The molecule has 1 aliphatic heterocycles. The largest absolute Gasteiger partial charge is 0.508 e. The van der Waals surface area contributed by atoms with E-state index in [9.17, 15) is 166 Å². The van der Waals surface area contributed by atoms with E-state index in [-0.39, 0.29) is 41.8 Å². The van der Waals surface area contributed by atoms with Crippen LogP contribution in [0.5, 0.6) is 5.75 Å². The fourth-order valence-corrected chi connectivity index (χ4v) is 15.3. The Balaban J connectivity index is 2.04. The standard InChI is InChI=1S/C82H119N21O34S3/c1-35(104)64(100-69(123)48(17-20-58(84)112)90-73(127)52(93-68(122)46(83)16-21-60(114)115)25-43-28-86-47-11-9-8-10-45(43)47)79(133)96-54(27-63(120)121)75(129)95-53(26-59(85)113)74(128)97-55(29-138-32-87-39(5)108)76(130)92-49(18-22-61(116)117)70(124)101-65(36(2)105)80(134)99-57(31-140-34-89-41(7)110)78(132)102-66(37(3)106)81(135)98-56(30-139-33-88-40(6)109)77(131)94-51(24-42-12-14-44(111)15-13-42)72(126)91-50(19-23-62(118)119)71(125)103-67(38(4)107)82(136)137/h8-15,28,35-38,43,46,48-57,64-67,104-107,111H,16-27,29-34,83H2,1-7H3,(H2,84,112)(H2,85,113)(H,87,108)(H,88,109)(H,89,110)(H,90,127)(H,91,126)(H,92,130)(H,93,122)(H,94,131)(H,95,129)(H,96,133)(H,97,128)(H,98,135)(H,99,134)(H,100,123)(H,101,124)(H,102,132)(H,103,125)(H,114,115)(H,116,117)(H,118,119)(H,120,121)(H,136,137)/t35-,36-,37-,38-,43?,46+,48+,49+,50+,51+,52+,53+,54+,55+,56+,57+,64+,65+,66+,67+/m1/s1. The lowest BCUT2D eigenvalue weighted by molar-refractivity contribution is -0.145. The number of aliphatic hydroxyl groups excluding tert-OH is 4. The van der Waals surface area contributed by atoms with Gasteiger partial charge in [-0.2, -0.15) is 0 Å². The number of phenols is 1. The van der Waals surface area contributed by atoms with Crippen LogP contribution in [0.2, 0.25) is 0 Å². The molecule has 0 spiro atoms. The Hall–Kier alpha value is -14.0. The van der Waals surface area contributed by atoms with Gasteiger partial charge in [-0.15, -0.1) is 35.3 Å². The summed E-state index contributed by atoms with van der Waals surface area (Å²) in [6.07, 6.45) is -15.4. The number of primary amides is 2. The van der Waals surface area contributed by atoms with Gasteiger partial charge >= 0.3 is 29.8 Å². The van der Waals surface area contributed by atoms with E-state index in [1.54, 1.807) is 24.3 Å². The number of hydrogen-bond acceptors (Lipinski definition) is 34. The maximum atomic E-state index is 14.6. The number of aliphatic hydroxyl groups is 4. The Morgan fingerprint density at radius 3 is 1.04 bits per heavy atom. The van der Waals surface area contributed by atoms with Crippen molar-refractivity contribution in [1.29, 1.82) is 0 Å². The van der Waals surface area contributed by atoms with Crippen molar-refractivity contribution >= 4 is 189 Å². The second-order valence-corrected chi connectivity index (χ2v) is 34.9. The molecule has 55 nitrogen and oxygen atoms in total. The van der Waals surface area contributed by atoms with Crippen LogP contribution in [0.1, 0.15) is 136 Å². The highest BCUT2D eigenvalue weighted by atomic mass is 32.2. The number of nitrogens with zero attached hydrogens (tertiary/aromatic N) is 1. The number of para-hydroxylation sites is 1. The average molecular weight is 2040 g/mol. The third kappa shape index (κ3) is 44.7. The second-order valence-electron chi connectivity index (χ2n) is 31.8. The number of aliphatic imine (C=N–C) groups is 1. The van der Waals surface area contributed by atoms with Gasteiger partial charge in [0.05, 0.1) is 66.6 Å². The van der Waals surface area contributed by atoms with E-state index in [2.05, 4.69) is 79.4 Å². The quantitative estimate of drug-likeness (QED) is 0.0216. The van der Waals surface area contributed by atoms with E-state index in [1.807, 2.05) is 16.0 Å². The highest BCUT2D eigenvalue weighted by Crippen LogP contribution is 2.35. The summed E-state index contributed by atoms with van der Waals surface area (Å²) >= 11 is 2.17. The molecule has 1 heterocycles. The van der Waals surface area contributed by atoms with E-state index in [0.717, 1.165) is 72.0 Å². The predicted octanol–water partition coefficient (Wildman–Crippen LogP) is -10.8. The SMILES string of the molecule is CC(=O)NCSC[C@H](NC(=O)[C@H](CC(N)=O)NC(=O)[C@H](CC(=O)O)NC(=O)[C@@H](NC(=O)[C@H](CCC(N)=O)NC(=O)[C@H](CC1C=Nc2ccccc21)NC(=O)[C@@H](N)CCC(=O)O)[C@@H](C)O)C(=O)N[C@@H](CCC(=O)O)C(=O)N[C@H](C(=O)N[C@@H](CSCNC(C)=O)C(=O)N[C@H](C(=O)N[C@@H](CSCNC(C)=O)C(=O)N[C@@H](Cc1ccc(O)cc1)C(=O)N[C@@H](CCC(=O)O)C(=O)N[C@H](C(=O)O)[C@@H](C)O)[C@@H](C)O)[C@@H](C)O. The van der Waals surface area contributed by atoms with E-state index in [4.69, 9.17) is 17.2 Å². The zero-order valence-corrected chi connectivity index (χ0v) is 79.1. The maximum Gasteiger partial charge on any atom is 0.328 e. The molecular formula is C82H119N21O34S3. The fraction of sp³-hybridized carbons (Fsp3) is 0.549. The minimum Gasteiger partial charge on any atom is -0.508 e. The minimum atomic E-state index is -2.37. The molecule has 58 heteroatoms. The number of nitrogens with two attached hydrogens (primary N) is 3. The van der Waals surface area contributed by atoms with Gasteiger partial charge in [0.15, 0.2) is 6.04 Å². The summed E-state index contributed by atoms with van der Waals surface area (Å²) in [5.74, 6) is -35.1. The zero-order valence-electron chi connectivity index (χ0n) is 76.6. The molecule has 0 bridgehead atoms. The van der Waals surface area contributed by atoms with Crippen LogP contribution in [0.3, 0.4) is 0 Å². The Morgan fingerprint density at radius 1 is 0.350 bits per heavy atom. The van der Waals surface area contributed by atoms with Crippen LogP contribution in [0.15, 0.2) is 53.5 Å². The molecule has 1 unspecified atom stereocenters. The first kappa shape index (κ1) is 120. The van der Waals surface area contributed by atoms with Crippen molar-refractivity contribution in [3.05, 3.63) is 59.7 Å².